The van der Waals surface area contributed by atoms with Gasteiger partial charge in [0, 0.05) is 31.1 Å². The van der Waals surface area contributed by atoms with Crippen LogP contribution in [0, 0.1) is 11.3 Å². The fourth-order valence-electron chi connectivity index (χ4n) is 4.86. The molecule has 4 rings (SSSR count). The molecule has 7 nitrogen and oxygen atoms in total. The number of alkyl halides is 1. The molecule has 0 aliphatic heterocycles. The van der Waals surface area contributed by atoms with Gasteiger partial charge < -0.3 is 14.6 Å². The number of hydrogen-bond acceptors (Lipinski definition) is 6. The van der Waals surface area contributed by atoms with E-state index < -0.39 is 6.17 Å². The minimum Gasteiger partial charge on any atom is -0.507 e. The van der Waals surface area contributed by atoms with E-state index in [1.807, 2.05) is 18.0 Å². The van der Waals surface area contributed by atoms with Gasteiger partial charge in [0.05, 0.1) is 24.3 Å². The Morgan fingerprint density at radius 3 is 2.72 bits per heavy atom. The Hall–Kier alpha value is -3.03. The molecular formula is C24H31FN6O. The molecule has 1 unspecified atom stereocenters. The van der Waals surface area contributed by atoms with Crippen LogP contribution in [0.1, 0.15) is 46.5 Å². The highest BCUT2D eigenvalue weighted by Gasteiger charge is 2.39. The zero-order valence-corrected chi connectivity index (χ0v) is 19.1. The first-order valence-electron chi connectivity index (χ1n) is 11.2. The topological polar surface area (TPSA) is 80.0 Å². The van der Waals surface area contributed by atoms with Gasteiger partial charge in [-0.1, -0.05) is 27.2 Å². The monoisotopic (exact) mass is 438 g/mol. The third kappa shape index (κ3) is 4.45. The number of phenolic OH excluding ortho intramolecular Hbond substituents is 1. The Labute approximate surface area is 188 Å². The minimum absolute atomic E-state index is 0.0775. The van der Waals surface area contributed by atoms with Gasteiger partial charge in [-0.3, -0.25) is 0 Å². The number of rotatable bonds is 5. The van der Waals surface area contributed by atoms with E-state index in [9.17, 15) is 5.11 Å². The lowest BCUT2D eigenvalue weighted by molar-refractivity contribution is 0.212. The molecule has 1 aliphatic carbocycles. The summed E-state index contributed by atoms with van der Waals surface area (Å²) in [5.41, 5.74) is 1.88. The number of aromatic hydroxyl groups is 1. The highest BCUT2D eigenvalue weighted by molar-refractivity contribution is 5.68. The average Bonchev–Trinajstić information content (AvgIpc) is 3.28. The van der Waals surface area contributed by atoms with Gasteiger partial charge >= 0.3 is 0 Å². The average molecular weight is 439 g/mol. The van der Waals surface area contributed by atoms with Crippen LogP contribution in [-0.4, -0.2) is 49.1 Å². The van der Waals surface area contributed by atoms with Crippen molar-refractivity contribution >= 4 is 5.95 Å². The fraction of sp³-hybridized carbons (Fsp3) is 0.500. The highest BCUT2D eigenvalue weighted by Crippen LogP contribution is 2.42. The molecule has 8 heteroatoms. The zero-order valence-electron chi connectivity index (χ0n) is 19.1. The molecule has 1 saturated carbocycles. The molecule has 1 aromatic carbocycles. The lowest BCUT2D eigenvalue weighted by atomic mass is 9.77. The van der Waals surface area contributed by atoms with Crippen LogP contribution in [0.4, 0.5) is 10.3 Å². The van der Waals surface area contributed by atoms with Gasteiger partial charge in [-0.05, 0) is 42.7 Å². The van der Waals surface area contributed by atoms with Gasteiger partial charge in [-0.2, -0.15) is 0 Å². The summed E-state index contributed by atoms with van der Waals surface area (Å²) < 4.78 is 17.0. The molecule has 4 atom stereocenters. The summed E-state index contributed by atoms with van der Waals surface area (Å²) in [6.07, 6.45) is 9.13. The summed E-state index contributed by atoms with van der Waals surface area (Å²) in [4.78, 5) is 10.3. The number of imidazole rings is 1. The van der Waals surface area contributed by atoms with E-state index in [0.29, 0.717) is 29.5 Å². The lowest BCUT2D eigenvalue weighted by Gasteiger charge is -2.35. The lowest BCUT2D eigenvalue weighted by Crippen LogP contribution is -2.42. The van der Waals surface area contributed by atoms with E-state index in [2.05, 4.69) is 40.9 Å². The maximum Gasteiger partial charge on any atom is 0.245 e. The van der Waals surface area contributed by atoms with Crippen molar-refractivity contribution in [3.8, 4) is 22.7 Å². The van der Waals surface area contributed by atoms with Gasteiger partial charge in [0.2, 0.25) is 5.95 Å². The second kappa shape index (κ2) is 8.84. The molecule has 0 spiro atoms. The van der Waals surface area contributed by atoms with Crippen LogP contribution in [0.15, 0.2) is 43.1 Å². The Balaban J connectivity index is 1.55. The van der Waals surface area contributed by atoms with Crippen LogP contribution in [0.5, 0.6) is 5.75 Å². The molecule has 0 bridgehead atoms. The molecule has 1 fully saturated rings. The van der Waals surface area contributed by atoms with Crippen molar-refractivity contribution in [2.75, 3.05) is 11.9 Å². The van der Waals surface area contributed by atoms with Crippen LogP contribution < -0.4 is 4.90 Å². The van der Waals surface area contributed by atoms with E-state index in [4.69, 9.17) is 0 Å². The van der Waals surface area contributed by atoms with E-state index >= 15 is 4.39 Å². The van der Waals surface area contributed by atoms with Crippen molar-refractivity contribution in [1.29, 1.82) is 0 Å². The van der Waals surface area contributed by atoms with Crippen molar-refractivity contribution in [2.24, 2.45) is 11.3 Å². The van der Waals surface area contributed by atoms with Gasteiger partial charge in [-0.25, -0.2) is 14.4 Å². The summed E-state index contributed by atoms with van der Waals surface area (Å²) >= 11 is 0. The maximum atomic E-state index is 15.2. The Morgan fingerprint density at radius 1 is 1.28 bits per heavy atom. The predicted octanol–water partition coefficient (Wildman–Crippen LogP) is 4.81. The van der Waals surface area contributed by atoms with Crippen LogP contribution in [0.25, 0.3) is 16.9 Å². The van der Waals surface area contributed by atoms with Crippen LogP contribution in [-0.2, 0) is 0 Å². The third-order valence-electron chi connectivity index (χ3n) is 6.86. The van der Waals surface area contributed by atoms with Crippen molar-refractivity contribution in [2.45, 2.75) is 58.7 Å². The summed E-state index contributed by atoms with van der Waals surface area (Å²) in [6.45, 7) is 6.57. The Morgan fingerprint density at radius 2 is 2.09 bits per heavy atom. The van der Waals surface area contributed by atoms with Crippen molar-refractivity contribution in [3.05, 3.63) is 43.1 Å². The summed E-state index contributed by atoms with van der Waals surface area (Å²) in [7, 11) is 1.84. The fourth-order valence-corrected chi connectivity index (χ4v) is 4.86. The molecule has 0 radical (unpaired) electrons. The summed E-state index contributed by atoms with van der Waals surface area (Å²) in [5, 5.41) is 19.1. The SMILES string of the molecule is CC[C@@]1(C)CC(C)C[C@H](F)[C@@H](N(C)c2ncc(-c3ccc(-n4ccnc4)cc3O)nn2)C1. The second-order valence-electron chi connectivity index (χ2n) is 9.42. The van der Waals surface area contributed by atoms with E-state index in [0.717, 1.165) is 24.9 Å². The first-order chi connectivity index (χ1) is 15.3. The number of benzene rings is 1. The number of phenols is 1. The minimum atomic E-state index is -0.939. The number of nitrogens with zero attached hydrogens (tertiary/aromatic N) is 6. The maximum absolute atomic E-state index is 15.2. The summed E-state index contributed by atoms with van der Waals surface area (Å²) in [6, 6.07) is 4.99. The van der Waals surface area contributed by atoms with E-state index in [-0.39, 0.29) is 17.2 Å². The summed E-state index contributed by atoms with van der Waals surface area (Å²) in [5.74, 6) is 0.820. The van der Waals surface area contributed by atoms with Crippen molar-refractivity contribution in [3.63, 3.8) is 0 Å². The van der Waals surface area contributed by atoms with Gasteiger partial charge in [0.15, 0.2) is 0 Å². The number of halogens is 1. The molecule has 2 aromatic heterocycles. The molecule has 32 heavy (non-hydrogen) atoms. The Kier molecular flexibility index (Phi) is 6.13. The number of aromatic nitrogens is 5. The first-order valence-corrected chi connectivity index (χ1v) is 11.2. The van der Waals surface area contributed by atoms with Gasteiger partial charge in [0.25, 0.3) is 0 Å². The zero-order chi connectivity index (χ0) is 22.9. The molecule has 1 N–H and O–H groups in total. The number of hydrogen-bond donors (Lipinski definition) is 1. The normalized spacial score (nSPS) is 26.0. The van der Waals surface area contributed by atoms with Crippen LogP contribution in [0.3, 0.4) is 0 Å². The largest absolute Gasteiger partial charge is 0.507 e. The second-order valence-corrected chi connectivity index (χ2v) is 9.42. The van der Waals surface area contributed by atoms with E-state index in [1.54, 1.807) is 41.6 Å². The van der Waals surface area contributed by atoms with Crippen molar-refractivity contribution in [1.82, 2.24) is 24.7 Å². The predicted molar refractivity (Wildman–Crippen MR) is 123 cm³/mol. The Bertz CT molecular complexity index is 1040. The quantitative estimate of drug-likeness (QED) is 0.576. The number of anilines is 1. The molecule has 0 saturated heterocycles. The van der Waals surface area contributed by atoms with Crippen LogP contribution >= 0.6 is 0 Å². The van der Waals surface area contributed by atoms with Gasteiger partial charge in [-0.15, -0.1) is 10.2 Å². The molecular weight excluding hydrogens is 407 g/mol. The smallest absolute Gasteiger partial charge is 0.245 e. The molecule has 3 aromatic rings. The third-order valence-corrected chi connectivity index (χ3v) is 6.86. The first kappa shape index (κ1) is 22.2. The van der Waals surface area contributed by atoms with Crippen molar-refractivity contribution < 1.29 is 9.50 Å². The van der Waals surface area contributed by atoms with Crippen LogP contribution in [0.2, 0.25) is 0 Å². The van der Waals surface area contributed by atoms with E-state index in [1.165, 1.54) is 0 Å². The molecule has 1 aliphatic rings. The standard InChI is InChI=1S/C24H31FN6O/c1-5-24(3)12-16(2)10-19(25)21(13-24)30(4)23-27-14-20(28-29-23)18-7-6-17(11-22(18)32)31-9-8-26-15-31/h6-9,11,14-16,19,21,32H,5,10,12-13H2,1-4H3/t16?,19-,21-,24-/m0/s1. The molecule has 2 heterocycles. The van der Waals surface area contributed by atoms with Gasteiger partial charge in [0.1, 0.15) is 17.6 Å². The highest BCUT2D eigenvalue weighted by atomic mass is 19.1. The molecule has 170 valence electrons. The molecule has 0 amide bonds.